The summed E-state index contributed by atoms with van der Waals surface area (Å²) in [5.41, 5.74) is 4.06. The van der Waals surface area contributed by atoms with Crippen molar-refractivity contribution in [1.29, 1.82) is 0 Å². The van der Waals surface area contributed by atoms with E-state index in [1.807, 2.05) is 6.20 Å². The molecule has 1 unspecified atom stereocenters. The van der Waals surface area contributed by atoms with E-state index in [9.17, 15) is 0 Å². The van der Waals surface area contributed by atoms with Crippen molar-refractivity contribution in [2.24, 2.45) is 0 Å². The molecule has 1 aromatic heterocycles. The summed E-state index contributed by atoms with van der Waals surface area (Å²) >= 11 is 0. The molecule has 0 saturated heterocycles. The first-order valence-electron chi connectivity index (χ1n) is 7.69. The molecule has 4 nitrogen and oxygen atoms in total. The van der Waals surface area contributed by atoms with E-state index in [1.54, 1.807) is 7.11 Å². The van der Waals surface area contributed by atoms with Gasteiger partial charge in [-0.25, -0.2) is 4.98 Å². The largest absolute Gasteiger partial charge is 0.383 e. The molecular formula is C17H23N3O. The van der Waals surface area contributed by atoms with E-state index >= 15 is 0 Å². The summed E-state index contributed by atoms with van der Waals surface area (Å²) in [6.45, 7) is 2.40. The van der Waals surface area contributed by atoms with E-state index in [2.05, 4.69) is 39.6 Å². The van der Waals surface area contributed by atoms with Crippen molar-refractivity contribution < 1.29 is 4.74 Å². The number of imidazole rings is 1. The first-order chi connectivity index (χ1) is 10.4. The number of hydrogen-bond acceptors (Lipinski definition) is 3. The van der Waals surface area contributed by atoms with Crippen LogP contribution < -0.4 is 5.32 Å². The number of nitrogens with one attached hydrogen (secondary N) is 2. The predicted molar refractivity (Wildman–Crippen MR) is 83.4 cm³/mol. The van der Waals surface area contributed by atoms with Gasteiger partial charge in [-0.05, 0) is 30.4 Å². The summed E-state index contributed by atoms with van der Waals surface area (Å²) in [5.74, 6) is 1.52. The molecule has 3 rings (SSSR count). The van der Waals surface area contributed by atoms with Crippen LogP contribution in [0.25, 0.3) is 0 Å². The Labute approximate surface area is 125 Å². The van der Waals surface area contributed by atoms with E-state index in [0.717, 1.165) is 31.2 Å². The minimum absolute atomic E-state index is 0.419. The Bertz CT molecular complexity index is 579. The lowest BCUT2D eigenvalue weighted by molar-refractivity contribution is 0.199. The number of rotatable bonds is 6. The number of aromatic nitrogens is 2. The summed E-state index contributed by atoms with van der Waals surface area (Å²) in [5, 5.41) is 3.34. The number of H-pyrrole nitrogens is 1. The van der Waals surface area contributed by atoms with Gasteiger partial charge in [0.1, 0.15) is 5.82 Å². The van der Waals surface area contributed by atoms with Crippen LogP contribution in [0.1, 0.15) is 41.4 Å². The third-order valence-corrected chi connectivity index (χ3v) is 4.15. The molecule has 0 radical (unpaired) electrons. The van der Waals surface area contributed by atoms with Crippen molar-refractivity contribution in [2.45, 2.75) is 31.7 Å². The van der Waals surface area contributed by atoms with Crippen LogP contribution in [0.15, 0.2) is 30.5 Å². The molecular weight excluding hydrogens is 262 g/mol. The smallest absolute Gasteiger partial charge is 0.113 e. The quantitative estimate of drug-likeness (QED) is 0.802. The number of nitrogens with zero attached hydrogens (tertiary/aromatic N) is 1. The number of fused-ring (bicyclic) bond motifs is 1. The molecule has 2 N–H and O–H groups in total. The Morgan fingerprint density at radius 3 is 3.19 bits per heavy atom. The van der Waals surface area contributed by atoms with Gasteiger partial charge >= 0.3 is 0 Å². The Morgan fingerprint density at radius 1 is 1.38 bits per heavy atom. The molecule has 1 heterocycles. The topological polar surface area (TPSA) is 49.9 Å². The zero-order valence-corrected chi connectivity index (χ0v) is 12.6. The van der Waals surface area contributed by atoms with Crippen LogP contribution in [0.3, 0.4) is 0 Å². The van der Waals surface area contributed by atoms with Crippen LogP contribution in [-0.4, -0.2) is 30.2 Å². The van der Waals surface area contributed by atoms with Crippen molar-refractivity contribution in [3.63, 3.8) is 0 Å². The van der Waals surface area contributed by atoms with Gasteiger partial charge in [-0.3, -0.25) is 0 Å². The number of benzene rings is 1. The maximum absolute atomic E-state index is 5.03. The molecule has 1 aliphatic carbocycles. The second-order valence-corrected chi connectivity index (χ2v) is 5.61. The summed E-state index contributed by atoms with van der Waals surface area (Å²) < 4.78 is 5.03. The maximum Gasteiger partial charge on any atom is 0.113 e. The molecule has 0 spiro atoms. The fourth-order valence-electron chi connectivity index (χ4n) is 3.08. The van der Waals surface area contributed by atoms with Crippen molar-refractivity contribution in [3.8, 4) is 0 Å². The van der Waals surface area contributed by atoms with E-state index in [0.29, 0.717) is 5.92 Å². The van der Waals surface area contributed by atoms with Crippen LogP contribution in [0, 0.1) is 0 Å². The van der Waals surface area contributed by atoms with Gasteiger partial charge in [-0.1, -0.05) is 24.3 Å². The third kappa shape index (κ3) is 3.34. The lowest BCUT2D eigenvalue weighted by Crippen LogP contribution is -2.18. The summed E-state index contributed by atoms with van der Waals surface area (Å²) in [7, 11) is 1.72. The minimum Gasteiger partial charge on any atom is -0.383 e. The second kappa shape index (κ2) is 6.87. The van der Waals surface area contributed by atoms with Crippen LogP contribution in [0.4, 0.5) is 0 Å². The first-order valence-corrected chi connectivity index (χ1v) is 7.69. The molecule has 1 aromatic carbocycles. The van der Waals surface area contributed by atoms with Crippen LogP contribution in [-0.2, 0) is 17.7 Å². The van der Waals surface area contributed by atoms with Gasteiger partial charge in [-0.15, -0.1) is 0 Å². The number of ether oxygens (including phenoxy) is 1. The molecule has 1 aliphatic rings. The van der Waals surface area contributed by atoms with Crippen molar-refractivity contribution >= 4 is 0 Å². The van der Waals surface area contributed by atoms with E-state index < -0.39 is 0 Å². The maximum atomic E-state index is 5.03. The summed E-state index contributed by atoms with van der Waals surface area (Å²) in [6, 6.07) is 8.76. The molecule has 1 atom stereocenters. The zero-order chi connectivity index (χ0) is 14.5. The van der Waals surface area contributed by atoms with Gasteiger partial charge in [0.05, 0.1) is 6.61 Å². The Kier molecular flexibility index (Phi) is 4.68. The highest BCUT2D eigenvalue weighted by molar-refractivity contribution is 5.36. The van der Waals surface area contributed by atoms with Gasteiger partial charge < -0.3 is 15.0 Å². The average Bonchev–Trinajstić information content (AvgIpc) is 3.00. The van der Waals surface area contributed by atoms with Crippen LogP contribution >= 0.6 is 0 Å². The second-order valence-electron chi connectivity index (χ2n) is 5.61. The first kappa shape index (κ1) is 14.3. The monoisotopic (exact) mass is 285 g/mol. The van der Waals surface area contributed by atoms with E-state index in [1.165, 1.54) is 30.4 Å². The molecule has 0 saturated carbocycles. The number of methoxy groups -OCH3 is 1. The lowest BCUT2D eigenvalue weighted by Gasteiger charge is -2.23. The summed E-state index contributed by atoms with van der Waals surface area (Å²) in [4.78, 5) is 8.10. The fraction of sp³-hybridized carbons (Fsp3) is 0.471. The minimum atomic E-state index is 0.419. The summed E-state index contributed by atoms with van der Waals surface area (Å²) in [6.07, 6.45) is 5.57. The molecule has 0 aliphatic heterocycles. The average molecular weight is 285 g/mol. The number of aromatic amines is 1. The van der Waals surface area contributed by atoms with E-state index in [-0.39, 0.29) is 0 Å². The van der Waals surface area contributed by atoms with Gasteiger partial charge in [0.2, 0.25) is 0 Å². The standard InChI is InChI=1S/C17H23N3O/c1-21-10-9-18-11-14-12-19-17(20-14)16-8-4-6-13-5-2-3-7-15(13)16/h2-3,5,7,12,16,18H,4,6,8-11H2,1H3,(H,19,20). The van der Waals surface area contributed by atoms with Crippen molar-refractivity contribution in [2.75, 3.05) is 20.3 Å². The molecule has 0 amide bonds. The van der Waals surface area contributed by atoms with Gasteiger partial charge in [0, 0.05) is 38.0 Å². The highest BCUT2D eigenvalue weighted by atomic mass is 16.5. The van der Waals surface area contributed by atoms with Gasteiger partial charge in [-0.2, -0.15) is 0 Å². The Balaban J connectivity index is 1.69. The van der Waals surface area contributed by atoms with Gasteiger partial charge in [0.25, 0.3) is 0 Å². The lowest BCUT2D eigenvalue weighted by atomic mass is 9.82. The molecule has 0 bridgehead atoms. The fourth-order valence-corrected chi connectivity index (χ4v) is 3.08. The molecule has 2 aromatic rings. The highest BCUT2D eigenvalue weighted by Crippen LogP contribution is 2.34. The van der Waals surface area contributed by atoms with Crippen molar-refractivity contribution in [1.82, 2.24) is 15.3 Å². The SMILES string of the molecule is COCCNCc1cnc(C2CCCc3ccccc32)[nH]1. The van der Waals surface area contributed by atoms with Crippen LogP contribution in [0.5, 0.6) is 0 Å². The molecule has 0 fully saturated rings. The van der Waals surface area contributed by atoms with Gasteiger partial charge in [0.15, 0.2) is 0 Å². The normalized spacial score (nSPS) is 17.7. The van der Waals surface area contributed by atoms with E-state index in [4.69, 9.17) is 4.74 Å². The van der Waals surface area contributed by atoms with Crippen LogP contribution in [0.2, 0.25) is 0 Å². The zero-order valence-electron chi connectivity index (χ0n) is 12.6. The van der Waals surface area contributed by atoms with Crippen molar-refractivity contribution in [3.05, 3.63) is 53.1 Å². The number of hydrogen-bond donors (Lipinski definition) is 2. The molecule has 21 heavy (non-hydrogen) atoms. The molecule has 112 valence electrons. The Morgan fingerprint density at radius 2 is 2.29 bits per heavy atom. The highest BCUT2D eigenvalue weighted by Gasteiger charge is 2.23. The third-order valence-electron chi connectivity index (χ3n) is 4.15. The predicted octanol–water partition coefficient (Wildman–Crippen LogP) is 2.61. The molecule has 4 heteroatoms. The Hall–Kier alpha value is -1.65. The number of aryl methyl sites for hydroxylation is 1.